The van der Waals surface area contributed by atoms with Crippen LogP contribution in [0.5, 0.6) is 0 Å². The van der Waals surface area contributed by atoms with Crippen LogP contribution in [0.1, 0.15) is 0 Å². The predicted molar refractivity (Wildman–Crippen MR) is 103 cm³/mol. The van der Waals surface area contributed by atoms with Crippen LogP contribution in [0.25, 0.3) is 43.4 Å². The van der Waals surface area contributed by atoms with Gasteiger partial charge in [0.15, 0.2) is 0 Å². The topological polar surface area (TPSA) is 0 Å². The standard InChI is InChI=1S/C22H13Br/c23-19-13-17-10-9-15-7-4-8-16-11-12-18(22(17)20(15)16)21(19)14-5-2-1-3-6-14/h1-13H. The van der Waals surface area contributed by atoms with Crippen molar-refractivity contribution in [3.05, 3.63) is 83.3 Å². The third kappa shape index (κ3) is 1.83. The van der Waals surface area contributed by atoms with E-state index in [1.807, 2.05) is 0 Å². The molecule has 0 N–H and O–H groups in total. The molecule has 0 bridgehead atoms. The fourth-order valence-corrected chi connectivity index (χ4v) is 4.36. The van der Waals surface area contributed by atoms with Gasteiger partial charge in [-0.3, -0.25) is 0 Å². The quantitative estimate of drug-likeness (QED) is 0.283. The van der Waals surface area contributed by atoms with Crippen LogP contribution in [-0.4, -0.2) is 0 Å². The maximum atomic E-state index is 3.80. The Morgan fingerprint density at radius 1 is 0.565 bits per heavy atom. The summed E-state index contributed by atoms with van der Waals surface area (Å²) >= 11 is 3.80. The molecule has 0 amide bonds. The van der Waals surface area contributed by atoms with E-state index in [-0.39, 0.29) is 0 Å². The van der Waals surface area contributed by atoms with E-state index in [2.05, 4.69) is 94.8 Å². The minimum absolute atomic E-state index is 1.15. The van der Waals surface area contributed by atoms with Crippen LogP contribution in [0, 0.1) is 0 Å². The van der Waals surface area contributed by atoms with Crippen LogP contribution in [0.3, 0.4) is 0 Å². The van der Waals surface area contributed by atoms with Gasteiger partial charge in [-0.25, -0.2) is 0 Å². The van der Waals surface area contributed by atoms with Gasteiger partial charge >= 0.3 is 0 Å². The summed E-state index contributed by atoms with van der Waals surface area (Å²) in [5, 5.41) is 7.94. The molecule has 0 aromatic heterocycles. The predicted octanol–water partition coefficient (Wildman–Crippen LogP) is 7.01. The van der Waals surface area contributed by atoms with E-state index in [9.17, 15) is 0 Å². The minimum atomic E-state index is 1.15. The molecular formula is C22H13Br. The largest absolute Gasteiger partial charge is 0.0622 e. The second-order valence-electron chi connectivity index (χ2n) is 5.96. The molecule has 0 fully saturated rings. The third-order valence-corrected chi connectivity index (χ3v) is 5.29. The van der Waals surface area contributed by atoms with Crippen molar-refractivity contribution in [3.63, 3.8) is 0 Å². The molecule has 0 aliphatic rings. The monoisotopic (exact) mass is 356 g/mol. The van der Waals surface area contributed by atoms with Crippen molar-refractivity contribution >= 4 is 48.2 Å². The molecule has 0 aliphatic heterocycles. The van der Waals surface area contributed by atoms with Crippen LogP contribution in [-0.2, 0) is 0 Å². The molecule has 0 radical (unpaired) electrons. The van der Waals surface area contributed by atoms with E-state index in [0.29, 0.717) is 0 Å². The van der Waals surface area contributed by atoms with Gasteiger partial charge in [-0.15, -0.1) is 0 Å². The van der Waals surface area contributed by atoms with Crippen molar-refractivity contribution in [2.45, 2.75) is 0 Å². The Morgan fingerprint density at radius 2 is 1.26 bits per heavy atom. The molecule has 0 unspecified atom stereocenters. The molecule has 0 spiro atoms. The SMILES string of the molecule is Brc1cc2ccc3cccc4ccc(c1-c1ccccc1)c2c34. The first-order valence-corrected chi connectivity index (χ1v) is 8.54. The highest BCUT2D eigenvalue weighted by atomic mass is 79.9. The minimum Gasteiger partial charge on any atom is -0.0622 e. The summed E-state index contributed by atoms with van der Waals surface area (Å²) in [5.41, 5.74) is 2.52. The fourth-order valence-electron chi connectivity index (χ4n) is 3.67. The lowest BCUT2D eigenvalue weighted by Gasteiger charge is -2.15. The van der Waals surface area contributed by atoms with Crippen molar-refractivity contribution in [3.8, 4) is 11.1 Å². The van der Waals surface area contributed by atoms with Gasteiger partial charge in [0.05, 0.1) is 0 Å². The summed E-state index contributed by atoms with van der Waals surface area (Å²) in [5.74, 6) is 0. The van der Waals surface area contributed by atoms with Gasteiger partial charge < -0.3 is 0 Å². The lowest BCUT2D eigenvalue weighted by atomic mass is 9.90. The van der Waals surface area contributed by atoms with Crippen molar-refractivity contribution in [2.75, 3.05) is 0 Å². The molecule has 0 nitrogen and oxygen atoms in total. The summed E-state index contributed by atoms with van der Waals surface area (Å²) in [4.78, 5) is 0. The van der Waals surface area contributed by atoms with E-state index in [4.69, 9.17) is 0 Å². The first-order valence-electron chi connectivity index (χ1n) is 7.74. The van der Waals surface area contributed by atoms with Gasteiger partial charge in [-0.1, -0.05) is 88.7 Å². The van der Waals surface area contributed by atoms with E-state index in [0.717, 1.165) is 4.47 Å². The van der Waals surface area contributed by atoms with E-state index >= 15 is 0 Å². The second-order valence-corrected chi connectivity index (χ2v) is 6.81. The average Bonchev–Trinajstić information content (AvgIpc) is 2.60. The smallest absolute Gasteiger partial charge is 0.0266 e. The van der Waals surface area contributed by atoms with Crippen LogP contribution < -0.4 is 0 Å². The van der Waals surface area contributed by atoms with E-state index < -0.39 is 0 Å². The Kier molecular flexibility index (Phi) is 2.74. The summed E-state index contributed by atoms with van der Waals surface area (Å²) in [7, 11) is 0. The first kappa shape index (κ1) is 13.1. The van der Waals surface area contributed by atoms with Gasteiger partial charge in [-0.2, -0.15) is 0 Å². The maximum Gasteiger partial charge on any atom is 0.0266 e. The third-order valence-electron chi connectivity index (χ3n) is 4.66. The number of benzene rings is 5. The number of halogens is 1. The molecule has 0 atom stereocenters. The van der Waals surface area contributed by atoms with Crippen LogP contribution in [0.2, 0.25) is 0 Å². The van der Waals surface area contributed by atoms with Crippen molar-refractivity contribution in [2.24, 2.45) is 0 Å². The molecule has 5 rings (SSSR count). The summed E-state index contributed by atoms with van der Waals surface area (Å²) in [6.07, 6.45) is 0. The lowest BCUT2D eigenvalue weighted by Crippen LogP contribution is -1.88. The zero-order valence-corrected chi connectivity index (χ0v) is 14.0. The van der Waals surface area contributed by atoms with Crippen molar-refractivity contribution in [1.29, 1.82) is 0 Å². The Hall–Kier alpha value is -2.38. The number of hydrogen-bond acceptors (Lipinski definition) is 0. The first-order chi connectivity index (χ1) is 11.3. The zero-order valence-electron chi connectivity index (χ0n) is 12.4. The summed E-state index contributed by atoms with van der Waals surface area (Å²) in [6, 6.07) is 28.3. The Morgan fingerprint density at radius 3 is 2.04 bits per heavy atom. The van der Waals surface area contributed by atoms with E-state index in [1.54, 1.807) is 0 Å². The summed E-state index contributed by atoms with van der Waals surface area (Å²) < 4.78 is 1.15. The summed E-state index contributed by atoms with van der Waals surface area (Å²) in [6.45, 7) is 0. The highest BCUT2D eigenvalue weighted by molar-refractivity contribution is 9.10. The second kappa shape index (κ2) is 4.81. The Bertz CT molecular complexity index is 1140. The lowest BCUT2D eigenvalue weighted by molar-refractivity contribution is 1.64. The Balaban J connectivity index is 2.06. The highest BCUT2D eigenvalue weighted by Crippen LogP contribution is 2.42. The maximum absolute atomic E-state index is 3.80. The molecule has 5 aromatic rings. The highest BCUT2D eigenvalue weighted by Gasteiger charge is 2.14. The molecule has 0 saturated heterocycles. The molecule has 1 heteroatoms. The van der Waals surface area contributed by atoms with Gasteiger partial charge in [0, 0.05) is 10.0 Å². The molecule has 108 valence electrons. The molecule has 0 aliphatic carbocycles. The zero-order chi connectivity index (χ0) is 15.4. The van der Waals surface area contributed by atoms with Gasteiger partial charge in [0.25, 0.3) is 0 Å². The van der Waals surface area contributed by atoms with E-state index in [1.165, 1.54) is 43.4 Å². The van der Waals surface area contributed by atoms with Crippen LogP contribution in [0.4, 0.5) is 0 Å². The van der Waals surface area contributed by atoms with Gasteiger partial charge in [0.1, 0.15) is 0 Å². The molecule has 5 aromatic carbocycles. The molecular weight excluding hydrogens is 344 g/mol. The number of hydrogen-bond donors (Lipinski definition) is 0. The molecule has 0 saturated carbocycles. The molecule has 23 heavy (non-hydrogen) atoms. The Labute approximate surface area is 142 Å². The van der Waals surface area contributed by atoms with Crippen LogP contribution >= 0.6 is 15.9 Å². The van der Waals surface area contributed by atoms with Crippen molar-refractivity contribution in [1.82, 2.24) is 0 Å². The fraction of sp³-hybridized carbons (Fsp3) is 0. The number of rotatable bonds is 1. The average molecular weight is 357 g/mol. The molecule has 0 heterocycles. The van der Waals surface area contributed by atoms with Gasteiger partial charge in [0.2, 0.25) is 0 Å². The van der Waals surface area contributed by atoms with Gasteiger partial charge in [-0.05, 0) is 43.9 Å². The normalized spacial score (nSPS) is 11.7. The van der Waals surface area contributed by atoms with Crippen LogP contribution in [0.15, 0.2) is 83.3 Å². The van der Waals surface area contributed by atoms with Crippen molar-refractivity contribution < 1.29 is 0 Å².